The summed E-state index contributed by atoms with van der Waals surface area (Å²) >= 11 is 0. The molecule has 4 rings (SSSR count). The van der Waals surface area contributed by atoms with E-state index in [4.69, 9.17) is 4.42 Å². The van der Waals surface area contributed by atoms with Crippen molar-refractivity contribution in [1.82, 2.24) is 30.4 Å². The van der Waals surface area contributed by atoms with Crippen LogP contribution in [-0.4, -0.2) is 61.2 Å². The first-order chi connectivity index (χ1) is 16.4. The molecule has 10 nitrogen and oxygen atoms in total. The van der Waals surface area contributed by atoms with E-state index < -0.39 is 11.9 Å². The van der Waals surface area contributed by atoms with Crippen LogP contribution in [0.25, 0.3) is 11.6 Å². The summed E-state index contributed by atoms with van der Waals surface area (Å²) in [5.74, 6) is 0.781. The Morgan fingerprint density at radius 2 is 1.91 bits per heavy atom. The van der Waals surface area contributed by atoms with Gasteiger partial charge in [0, 0.05) is 12.6 Å². The lowest BCUT2D eigenvalue weighted by atomic mass is 10.0. The zero-order valence-corrected chi connectivity index (χ0v) is 19.5. The normalized spacial score (nSPS) is 14.8. The van der Waals surface area contributed by atoms with Crippen LogP contribution in [-0.2, 0) is 16.1 Å². The van der Waals surface area contributed by atoms with Gasteiger partial charge in [-0.15, -0.1) is 10.2 Å². The molecular formula is C24H30N6O4. The number of carbonyl (C=O) groups is 2. The zero-order chi connectivity index (χ0) is 24.1. The maximum atomic E-state index is 13.4. The number of amides is 2. The van der Waals surface area contributed by atoms with Crippen molar-refractivity contribution >= 4 is 11.8 Å². The predicted molar refractivity (Wildman–Crippen MR) is 123 cm³/mol. The fourth-order valence-corrected chi connectivity index (χ4v) is 4.25. The summed E-state index contributed by atoms with van der Waals surface area (Å²) in [4.78, 5) is 29.3. The highest BCUT2D eigenvalue weighted by Gasteiger charge is 2.33. The minimum atomic E-state index is -0.878. The first-order valence-electron chi connectivity index (χ1n) is 11.6. The van der Waals surface area contributed by atoms with Crippen LogP contribution in [0.15, 0.2) is 40.8 Å². The Kier molecular flexibility index (Phi) is 7.36. The van der Waals surface area contributed by atoms with E-state index in [1.54, 1.807) is 12.1 Å². The number of hydrogen-bond donors (Lipinski definition) is 2. The Morgan fingerprint density at radius 3 is 2.56 bits per heavy atom. The third-order valence-corrected chi connectivity index (χ3v) is 6.01. The number of rotatable bonds is 9. The van der Waals surface area contributed by atoms with E-state index in [0.717, 1.165) is 31.2 Å². The molecule has 1 unspecified atom stereocenters. The molecule has 0 aliphatic heterocycles. The minimum Gasteiger partial charge on any atom is -0.458 e. The van der Waals surface area contributed by atoms with Crippen molar-refractivity contribution < 1.29 is 19.1 Å². The molecule has 0 spiro atoms. The molecular weight excluding hydrogens is 436 g/mol. The maximum absolute atomic E-state index is 13.4. The van der Waals surface area contributed by atoms with Crippen LogP contribution in [0.3, 0.4) is 0 Å². The molecule has 1 atom stereocenters. The Hall–Kier alpha value is -3.53. The lowest BCUT2D eigenvalue weighted by Gasteiger charge is -2.31. The van der Waals surface area contributed by atoms with Gasteiger partial charge >= 0.3 is 0 Å². The second-order valence-corrected chi connectivity index (χ2v) is 8.67. The molecule has 1 aromatic carbocycles. The fourth-order valence-electron chi connectivity index (χ4n) is 4.25. The monoisotopic (exact) mass is 466 g/mol. The molecule has 1 fully saturated rings. The lowest BCUT2D eigenvalue weighted by Crippen LogP contribution is -2.48. The largest absolute Gasteiger partial charge is 0.458 e. The number of aliphatic hydroxyl groups is 1. The molecule has 0 saturated heterocycles. The molecule has 2 N–H and O–H groups in total. The van der Waals surface area contributed by atoms with E-state index in [1.807, 2.05) is 38.1 Å². The van der Waals surface area contributed by atoms with Crippen molar-refractivity contribution in [2.24, 2.45) is 0 Å². The van der Waals surface area contributed by atoms with Crippen LogP contribution >= 0.6 is 0 Å². The van der Waals surface area contributed by atoms with Gasteiger partial charge < -0.3 is 19.7 Å². The van der Waals surface area contributed by atoms with Crippen LogP contribution in [0.5, 0.6) is 0 Å². The van der Waals surface area contributed by atoms with Gasteiger partial charge in [0.2, 0.25) is 17.6 Å². The summed E-state index contributed by atoms with van der Waals surface area (Å²) in [5, 5.41) is 25.0. The summed E-state index contributed by atoms with van der Waals surface area (Å²) in [7, 11) is 0. The van der Waals surface area contributed by atoms with Gasteiger partial charge in [0.15, 0.2) is 5.76 Å². The Balaban J connectivity index is 1.57. The van der Waals surface area contributed by atoms with Crippen LogP contribution < -0.4 is 5.32 Å². The number of nitrogens with zero attached hydrogens (tertiary/aromatic N) is 5. The maximum Gasteiger partial charge on any atom is 0.247 e. The van der Waals surface area contributed by atoms with E-state index in [-0.39, 0.29) is 37.5 Å². The topological polar surface area (TPSA) is 126 Å². The van der Waals surface area contributed by atoms with Crippen LogP contribution in [0.2, 0.25) is 0 Å². The number of carbonyl (C=O) groups excluding carboxylic acids is 2. The summed E-state index contributed by atoms with van der Waals surface area (Å²) in [5.41, 5.74) is 1.73. The van der Waals surface area contributed by atoms with Gasteiger partial charge in [0.1, 0.15) is 18.3 Å². The first kappa shape index (κ1) is 23.6. The van der Waals surface area contributed by atoms with Gasteiger partial charge in [-0.2, -0.15) is 4.80 Å². The fraction of sp³-hybridized carbons (Fsp3) is 0.458. The van der Waals surface area contributed by atoms with Crippen molar-refractivity contribution in [3.05, 3.63) is 53.3 Å². The Labute approximate surface area is 197 Å². The average molecular weight is 467 g/mol. The molecule has 0 radical (unpaired) electrons. The molecule has 2 heterocycles. The van der Waals surface area contributed by atoms with Gasteiger partial charge in [-0.3, -0.25) is 9.59 Å². The van der Waals surface area contributed by atoms with Crippen molar-refractivity contribution in [3.8, 4) is 11.6 Å². The third kappa shape index (κ3) is 5.51. The molecule has 34 heavy (non-hydrogen) atoms. The third-order valence-electron chi connectivity index (χ3n) is 6.01. The molecule has 1 aliphatic rings. The van der Waals surface area contributed by atoms with Gasteiger partial charge in [0.25, 0.3) is 0 Å². The molecule has 3 aromatic rings. The highest BCUT2D eigenvalue weighted by molar-refractivity contribution is 5.89. The molecule has 2 aromatic heterocycles. The quantitative estimate of drug-likeness (QED) is 0.495. The molecule has 0 bridgehead atoms. The van der Waals surface area contributed by atoms with E-state index in [9.17, 15) is 14.7 Å². The summed E-state index contributed by atoms with van der Waals surface area (Å²) in [6.45, 7) is 3.25. The second kappa shape index (κ2) is 10.6. The van der Waals surface area contributed by atoms with Crippen LogP contribution in [0.4, 0.5) is 0 Å². The van der Waals surface area contributed by atoms with E-state index >= 15 is 0 Å². The number of tetrazole rings is 1. The van der Waals surface area contributed by atoms with E-state index in [1.165, 1.54) is 9.70 Å². The van der Waals surface area contributed by atoms with Crippen molar-refractivity contribution in [3.63, 3.8) is 0 Å². The number of nitrogens with one attached hydrogen (secondary N) is 1. The van der Waals surface area contributed by atoms with Crippen molar-refractivity contribution in [1.29, 1.82) is 0 Å². The standard InChI is InChI=1S/C24H30N6O4/c1-16-7-10-18(11-8-16)22(24(33)25-19-5-3-4-6-19)29(13-14-31)21(32)15-30-27-23(26-28-30)20-12-9-17(2)34-20/h7-12,19,22,31H,3-6,13-15H2,1-2H3,(H,25,33). The lowest BCUT2D eigenvalue weighted by molar-refractivity contribution is -0.142. The van der Waals surface area contributed by atoms with Crippen LogP contribution in [0.1, 0.15) is 48.6 Å². The predicted octanol–water partition coefficient (Wildman–Crippen LogP) is 2.17. The number of aromatic nitrogens is 4. The molecule has 1 saturated carbocycles. The van der Waals surface area contributed by atoms with E-state index in [0.29, 0.717) is 17.1 Å². The van der Waals surface area contributed by atoms with Gasteiger partial charge in [-0.1, -0.05) is 42.7 Å². The van der Waals surface area contributed by atoms with Gasteiger partial charge in [0.05, 0.1) is 6.61 Å². The summed E-state index contributed by atoms with van der Waals surface area (Å²) in [6, 6.07) is 10.2. The number of benzene rings is 1. The highest BCUT2D eigenvalue weighted by atomic mass is 16.3. The first-order valence-corrected chi connectivity index (χ1v) is 11.6. The molecule has 180 valence electrons. The smallest absolute Gasteiger partial charge is 0.247 e. The molecule has 10 heteroatoms. The Morgan fingerprint density at radius 1 is 1.18 bits per heavy atom. The molecule has 2 amide bonds. The van der Waals surface area contributed by atoms with Crippen molar-refractivity contribution in [2.75, 3.05) is 13.2 Å². The minimum absolute atomic E-state index is 0.00556. The molecule has 1 aliphatic carbocycles. The van der Waals surface area contributed by atoms with E-state index in [2.05, 4.69) is 20.7 Å². The summed E-state index contributed by atoms with van der Waals surface area (Å²) in [6.07, 6.45) is 4.01. The second-order valence-electron chi connectivity index (χ2n) is 8.67. The number of hydrogen-bond acceptors (Lipinski definition) is 7. The number of aliphatic hydroxyl groups excluding tert-OH is 1. The zero-order valence-electron chi connectivity index (χ0n) is 19.5. The number of aryl methyl sites for hydroxylation is 2. The Bertz CT molecular complexity index is 1120. The number of furan rings is 1. The van der Waals surface area contributed by atoms with Crippen LogP contribution in [0, 0.1) is 13.8 Å². The highest BCUT2D eigenvalue weighted by Crippen LogP contribution is 2.25. The van der Waals surface area contributed by atoms with Gasteiger partial charge in [-0.25, -0.2) is 0 Å². The summed E-state index contributed by atoms with van der Waals surface area (Å²) < 4.78 is 5.51. The SMILES string of the molecule is Cc1ccc(C(C(=O)NC2CCCC2)N(CCO)C(=O)Cn2nnc(-c3ccc(C)o3)n2)cc1. The average Bonchev–Trinajstić information content (AvgIpc) is 3.57. The van der Waals surface area contributed by atoms with Gasteiger partial charge in [-0.05, 0) is 49.6 Å². The van der Waals surface area contributed by atoms with Crippen molar-refractivity contribution in [2.45, 2.75) is 58.2 Å².